The molecule has 76 valence electrons. The highest BCUT2D eigenvalue weighted by molar-refractivity contribution is 5.81. The van der Waals surface area contributed by atoms with Crippen molar-refractivity contribution in [2.45, 2.75) is 25.9 Å². The van der Waals surface area contributed by atoms with Crippen LogP contribution >= 0.6 is 0 Å². The Bertz CT molecular complexity index is 182. The van der Waals surface area contributed by atoms with Gasteiger partial charge >= 0.3 is 0 Å². The predicted octanol–water partition coefficient (Wildman–Crippen LogP) is -0.804. The average molecular weight is 185 g/mol. The van der Waals surface area contributed by atoms with Gasteiger partial charge in [0.1, 0.15) is 5.78 Å². The number of Topliss-reactive ketones (excluding diaryl/α,β-unsaturated/α-hetero) is 1. The molecule has 1 aliphatic heterocycles. The lowest BCUT2D eigenvalue weighted by Gasteiger charge is -2.35. The van der Waals surface area contributed by atoms with Crippen LogP contribution in [0.5, 0.6) is 0 Å². The Hall–Kier alpha value is -0.450. The Morgan fingerprint density at radius 2 is 2.46 bits per heavy atom. The van der Waals surface area contributed by atoms with Gasteiger partial charge in [0.05, 0.1) is 6.04 Å². The van der Waals surface area contributed by atoms with Crippen LogP contribution in [0, 0.1) is 0 Å². The van der Waals surface area contributed by atoms with Crippen LogP contribution in [0.1, 0.15) is 13.8 Å². The van der Waals surface area contributed by atoms with Crippen molar-refractivity contribution in [3.05, 3.63) is 0 Å². The minimum Gasteiger partial charge on any atom is -0.327 e. The first kappa shape index (κ1) is 10.6. The van der Waals surface area contributed by atoms with Crippen LogP contribution in [-0.4, -0.2) is 48.9 Å². The van der Waals surface area contributed by atoms with Crippen LogP contribution in [0.2, 0.25) is 0 Å². The third kappa shape index (κ3) is 3.06. The summed E-state index contributed by atoms with van der Waals surface area (Å²) in [7, 11) is 0. The number of nitrogens with two attached hydrogens (primary N) is 1. The normalized spacial score (nSPS) is 27.2. The molecule has 0 aromatic heterocycles. The highest BCUT2D eigenvalue weighted by Crippen LogP contribution is 2.04. The molecular formula is C9H19N3O. The molecule has 0 amide bonds. The summed E-state index contributed by atoms with van der Waals surface area (Å²) in [6, 6.07) is 0.166. The van der Waals surface area contributed by atoms with Crippen molar-refractivity contribution < 1.29 is 4.79 Å². The molecule has 0 saturated carbocycles. The van der Waals surface area contributed by atoms with E-state index in [-0.39, 0.29) is 17.9 Å². The van der Waals surface area contributed by atoms with E-state index in [0.29, 0.717) is 0 Å². The highest BCUT2D eigenvalue weighted by Gasteiger charge is 2.25. The zero-order valence-corrected chi connectivity index (χ0v) is 8.42. The number of hydrogen-bond acceptors (Lipinski definition) is 4. The van der Waals surface area contributed by atoms with E-state index in [1.54, 1.807) is 6.92 Å². The van der Waals surface area contributed by atoms with Gasteiger partial charge < -0.3 is 11.1 Å². The summed E-state index contributed by atoms with van der Waals surface area (Å²) >= 11 is 0. The summed E-state index contributed by atoms with van der Waals surface area (Å²) in [4.78, 5) is 13.4. The average Bonchev–Trinajstić information content (AvgIpc) is 2.03. The van der Waals surface area contributed by atoms with E-state index in [2.05, 4.69) is 10.2 Å². The molecule has 2 unspecified atom stereocenters. The molecule has 1 fully saturated rings. The van der Waals surface area contributed by atoms with Crippen LogP contribution in [-0.2, 0) is 4.79 Å². The standard InChI is InChI=1S/C9H19N3O/c1-7(10)6-12-4-3-11-5-9(12)8(2)13/h7,9,11H,3-6,10H2,1-2H3. The maximum Gasteiger partial charge on any atom is 0.148 e. The molecule has 0 aromatic rings. The van der Waals surface area contributed by atoms with Crippen LogP contribution in [0.25, 0.3) is 0 Å². The number of nitrogens with one attached hydrogen (secondary N) is 1. The summed E-state index contributed by atoms with van der Waals surface area (Å²) in [5.74, 6) is 0.229. The van der Waals surface area contributed by atoms with Crippen LogP contribution < -0.4 is 11.1 Å². The van der Waals surface area contributed by atoms with E-state index in [4.69, 9.17) is 5.73 Å². The van der Waals surface area contributed by atoms with Crippen LogP contribution in [0.15, 0.2) is 0 Å². The molecule has 4 heteroatoms. The molecule has 0 radical (unpaired) electrons. The Morgan fingerprint density at radius 3 is 3.00 bits per heavy atom. The van der Waals surface area contributed by atoms with Crippen molar-refractivity contribution in [3.8, 4) is 0 Å². The summed E-state index contributed by atoms with van der Waals surface area (Å²) in [5, 5.41) is 3.22. The van der Waals surface area contributed by atoms with Gasteiger partial charge in [-0.05, 0) is 13.8 Å². The Morgan fingerprint density at radius 1 is 1.77 bits per heavy atom. The second kappa shape index (κ2) is 4.69. The molecule has 2 atom stereocenters. The summed E-state index contributed by atoms with van der Waals surface area (Å²) < 4.78 is 0. The third-order valence-electron chi connectivity index (χ3n) is 2.35. The Balaban J connectivity index is 2.51. The lowest BCUT2D eigenvalue weighted by Crippen LogP contribution is -2.56. The molecule has 4 nitrogen and oxygen atoms in total. The molecule has 1 rings (SSSR count). The largest absolute Gasteiger partial charge is 0.327 e. The van der Waals surface area contributed by atoms with E-state index in [1.165, 1.54) is 0 Å². The number of carbonyl (C=O) groups excluding carboxylic acids is 1. The molecule has 1 heterocycles. The molecule has 0 aromatic carbocycles. The van der Waals surface area contributed by atoms with Crippen LogP contribution in [0.4, 0.5) is 0 Å². The maximum atomic E-state index is 11.3. The zero-order valence-electron chi connectivity index (χ0n) is 8.42. The van der Waals surface area contributed by atoms with E-state index in [1.807, 2.05) is 6.92 Å². The predicted molar refractivity (Wildman–Crippen MR) is 52.6 cm³/mol. The van der Waals surface area contributed by atoms with Crippen molar-refractivity contribution in [3.63, 3.8) is 0 Å². The number of rotatable bonds is 3. The van der Waals surface area contributed by atoms with Crippen molar-refractivity contribution >= 4 is 5.78 Å². The topological polar surface area (TPSA) is 58.4 Å². The van der Waals surface area contributed by atoms with Crippen molar-refractivity contribution in [2.24, 2.45) is 5.73 Å². The van der Waals surface area contributed by atoms with E-state index in [9.17, 15) is 4.79 Å². The van der Waals surface area contributed by atoms with Gasteiger partial charge in [-0.2, -0.15) is 0 Å². The fourth-order valence-electron chi connectivity index (χ4n) is 1.74. The van der Waals surface area contributed by atoms with Gasteiger partial charge in [0.15, 0.2) is 0 Å². The Kier molecular flexibility index (Phi) is 3.84. The van der Waals surface area contributed by atoms with Gasteiger partial charge in [-0.3, -0.25) is 9.69 Å². The first-order valence-corrected chi connectivity index (χ1v) is 4.82. The molecule has 0 spiro atoms. The van der Waals surface area contributed by atoms with E-state index in [0.717, 1.165) is 26.2 Å². The number of carbonyl (C=O) groups is 1. The maximum absolute atomic E-state index is 11.3. The van der Waals surface area contributed by atoms with Crippen molar-refractivity contribution in [1.82, 2.24) is 10.2 Å². The van der Waals surface area contributed by atoms with E-state index >= 15 is 0 Å². The minimum atomic E-state index is 0.0275. The SMILES string of the molecule is CC(=O)C1CNCCN1CC(C)N. The molecule has 1 saturated heterocycles. The second-order valence-electron chi connectivity index (χ2n) is 3.80. The van der Waals surface area contributed by atoms with Crippen molar-refractivity contribution in [1.29, 1.82) is 0 Å². The minimum absolute atomic E-state index is 0.0275. The first-order chi connectivity index (χ1) is 6.11. The molecule has 3 N–H and O–H groups in total. The fraction of sp³-hybridized carbons (Fsp3) is 0.889. The Labute approximate surface area is 79.5 Å². The van der Waals surface area contributed by atoms with Gasteiger partial charge in [0.25, 0.3) is 0 Å². The number of hydrogen-bond donors (Lipinski definition) is 2. The zero-order chi connectivity index (χ0) is 9.84. The molecule has 1 aliphatic rings. The number of piperazine rings is 1. The third-order valence-corrected chi connectivity index (χ3v) is 2.35. The second-order valence-corrected chi connectivity index (χ2v) is 3.80. The molecular weight excluding hydrogens is 166 g/mol. The molecule has 13 heavy (non-hydrogen) atoms. The number of ketones is 1. The van der Waals surface area contributed by atoms with Gasteiger partial charge in [-0.1, -0.05) is 0 Å². The smallest absolute Gasteiger partial charge is 0.148 e. The summed E-state index contributed by atoms with van der Waals surface area (Å²) in [5.41, 5.74) is 5.71. The monoisotopic (exact) mass is 185 g/mol. The summed E-state index contributed by atoms with van der Waals surface area (Å²) in [6.45, 7) is 7.07. The van der Waals surface area contributed by atoms with Gasteiger partial charge in [0, 0.05) is 32.2 Å². The van der Waals surface area contributed by atoms with Gasteiger partial charge in [0.2, 0.25) is 0 Å². The highest BCUT2D eigenvalue weighted by atomic mass is 16.1. The molecule has 0 bridgehead atoms. The van der Waals surface area contributed by atoms with E-state index < -0.39 is 0 Å². The van der Waals surface area contributed by atoms with Gasteiger partial charge in [-0.15, -0.1) is 0 Å². The number of nitrogens with zero attached hydrogens (tertiary/aromatic N) is 1. The summed E-state index contributed by atoms with van der Waals surface area (Å²) in [6.07, 6.45) is 0. The first-order valence-electron chi connectivity index (χ1n) is 4.82. The fourth-order valence-corrected chi connectivity index (χ4v) is 1.74. The van der Waals surface area contributed by atoms with Crippen molar-refractivity contribution in [2.75, 3.05) is 26.2 Å². The lowest BCUT2D eigenvalue weighted by atomic mass is 10.1. The quantitative estimate of drug-likeness (QED) is 0.604. The molecule has 0 aliphatic carbocycles. The van der Waals surface area contributed by atoms with Crippen LogP contribution in [0.3, 0.4) is 0 Å². The lowest BCUT2D eigenvalue weighted by molar-refractivity contribution is -0.122. The van der Waals surface area contributed by atoms with Gasteiger partial charge in [-0.25, -0.2) is 0 Å².